The monoisotopic (exact) mass is 236 g/mol. The lowest BCUT2D eigenvalue weighted by molar-refractivity contribution is 0.211. The third kappa shape index (κ3) is 3.51. The second kappa shape index (κ2) is 6.12. The summed E-state index contributed by atoms with van der Waals surface area (Å²) in [5.41, 5.74) is 6.67. The van der Waals surface area contributed by atoms with Gasteiger partial charge in [0.15, 0.2) is 0 Å². The van der Waals surface area contributed by atoms with Crippen LogP contribution in [-0.2, 0) is 0 Å². The molecule has 1 heterocycles. The lowest BCUT2D eigenvalue weighted by Gasteiger charge is -2.32. The minimum atomic E-state index is -0.118. The fraction of sp³-hybridized carbons (Fsp3) is 0.571. The molecule has 0 radical (unpaired) electrons. The van der Waals surface area contributed by atoms with Gasteiger partial charge in [-0.2, -0.15) is 0 Å². The Labute approximate surface area is 103 Å². The maximum absolute atomic E-state index is 13.1. The van der Waals surface area contributed by atoms with Crippen LogP contribution in [0.2, 0.25) is 0 Å². The van der Waals surface area contributed by atoms with Crippen LogP contribution in [0.15, 0.2) is 24.3 Å². The number of piperidine rings is 1. The average Bonchev–Trinajstić information content (AvgIpc) is 2.37. The van der Waals surface area contributed by atoms with E-state index in [0.29, 0.717) is 5.92 Å². The molecule has 94 valence electrons. The molecule has 0 bridgehead atoms. The van der Waals surface area contributed by atoms with Crippen LogP contribution >= 0.6 is 0 Å². The normalized spacial score (nSPS) is 18.5. The summed E-state index contributed by atoms with van der Waals surface area (Å²) in [6, 6.07) is 7.05. The van der Waals surface area contributed by atoms with Crippen LogP contribution in [0.5, 0.6) is 0 Å². The third-order valence-corrected chi connectivity index (χ3v) is 3.59. The van der Waals surface area contributed by atoms with Crippen molar-refractivity contribution >= 4 is 0 Å². The van der Waals surface area contributed by atoms with Crippen LogP contribution in [-0.4, -0.2) is 31.1 Å². The van der Waals surface area contributed by atoms with E-state index in [0.717, 1.165) is 51.0 Å². The molecule has 0 atom stereocenters. The fourth-order valence-electron chi connectivity index (χ4n) is 2.57. The van der Waals surface area contributed by atoms with E-state index in [4.69, 9.17) is 5.73 Å². The van der Waals surface area contributed by atoms with Crippen molar-refractivity contribution < 1.29 is 4.39 Å². The van der Waals surface area contributed by atoms with E-state index < -0.39 is 0 Å². The number of nitrogens with two attached hydrogens (primary N) is 1. The fourth-order valence-corrected chi connectivity index (χ4v) is 2.57. The zero-order valence-corrected chi connectivity index (χ0v) is 10.2. The molecule has 0 aliphatic carbocycles. The van der Waals surface area contributed by atoms with E-state index in [-0.39, 0.29) is 5.82 Å². The Hall–Kier alpha value is -0.930. The van der Waals surface area contributed by atoms with Gasteiger partial charge in [0.1, 0.15) is 5.82 Å². The molecule has 17 heavy (non-hydrogen) atoms. The molecule has 2 N–H and O–H groups in total. The highest BCUT2D eigenvalue weighted by atomic mass is 19.1. The highest BCUT2D eigenvalue weighted by molar-refractivity contribution is 5.21. The number of rotatable bonds is 4. The van der Waals surface area contributed by atoms with Crippen molar-refractivity contribution in [2.45, 2.75) is 25.2 Å². The molecule has 1 aliphatic heterocycles. The van der Waals surface area contributed by atoms with E-state index in [9.17, 15) is 4.39 Å². The summed E-state index contributed by atoms with van der Waals surface area (Å²) in [6.45, 7) is 4.10. The summed E-state index contributed by atoms with van der Waals surface area (Å²) in [4.78, 5) is 2.46. The Morgan fingerprint density at radius 2 is 2.06 bits per heavy atom. The van der Waals surface area contributed by atoms with Crippen molar-refractivity contribution in [3.8, 4) is 0 Å². The highest BCUT2D eigenvalue weighted by Crippen LogP contribution is 2.28. The van der Waals surface area contributed by atoms with Gasteiger partial charge < -0.3 is 10.6 Å². The second-order valence-electron chi connectivity index (χ2n) is 4.81. The first-order chi connectivity index (χ1) is 8.29. The Bertz CT molecular complexity index is 346. The quantitative estimate of drug-likeness (QED) is 0.869. The molecule has 1 aliphatic rings. The van der Waals surface area contributed by atoms with Crippen molar-refractivity contribution in [1.82, 2.24) is 4.90 Å². The molecule has 0 aromatic heterocycles. The van der Waals surface area contributed by atoms with Gasteiger partial charge in [0.25, 0.3) is 0 Å². The lowest BCUT2D eigenvalue weighted by Crippen LogP contribution is -2.34. The molecular weight excluding hydrogens is 215 g/mol. The van der Waals surface area contributed by atoms with Gasteiger partial charge in [0.2, 0.25) is 0 Å². The molecule has 0 amide bonds. The van der Waals surface area contributed by atoms with Crippen molar-refractivity contribution in [1.29, 1.82) is 0 Å². The summed E-state index contributed by atoms with van der Waals surface area (Å²) < 4.78 is 13.1. The SMILES string of the molecule is NCCCN1CCC(c2cccc(F)c2)CC1. The summed E-state index contributed by atoms with van der Waals surface area (Å²) in [6.07, 6.45) is 3.34. The minimum Gasteiger partial charge on any atom is -0.330 e. The Morgan fingerprint density at radius 3 is 2.71 bits per heavy atom. The van der Waals surface area contributed by atoms with E-state index in [1.807, 2.05) is 12.1 Å². The maximum Gasteiger partial charge on any atom is 0.123 e. The van der Waals surface area contributed by atoms with Crippen molar-refractivity contribution in [2.75, 3.05) is 26.2 Å². The molecule has 2 rings (SSSR count). The smallest absolute Gasteiger partial charge is 0.123 e. The maximum atomic E-state index is 13.1. The topological polar surface area (TPSA) is 29.3 Å². The van der Waals surface area contributed by atoms with E-state index in [2.05, 4.69) is 4.90 Å². The summed E-state index contributed by atoms with van der Waals surface area (Å²) in [7, 11) is 0. The predicted octanol–water partition coefficient (Wildman–Crippen LogP) is 2.35. The molecule has 0 spiro atoms. The first-order valence-corrected chi connectivity index (χ1v) is 6.47. The van der Waals surface area contributed by atoms with Gasteiger partial charge in [-0.3, -0.25) is 0 Å². The number of hydrogen-bond donors (Lipinski definition) is 1. The Morgan fingerprint density at radius 1 is 1.29 bits per heavy atom. The van der Waals surface area contributed by atoms with E-state index >= 15 is 0 Å². The zero-order chi connectivity index (χ0) is 12.1. The van der Waals surface area contributed by atoms with Crippen molar-refractivity contribution in [3.05, 3.63) is 35.6 Å². The Balaban J connectivity index is 1.86. The first-order valence-electron chi connectivity index (χ1n) is 6.47. The largest absolute Gasteiger partial charge is 0.330 e. The van der Waals surface area contributed by atoms with E-state index in [1.165, 1.54) is 6.07 Å². The number of benzene rings is 1. The molecule has 0 unspecified atom stereocenters. The molecule has 1 aromatic rings. The lowest BCUT2D eigenvalue weighted by atomic mass is 9.89. The van der Waals surface area contributed by atoms with Gasteiger partial charge in [-0.1, -0.05) is 12.1 Å². The molecule has 0 saturated carbocycles. The molecule has 1 aromatic carbocycles. The average molecular weight is 236 g/mol. The Kier molecular flexibility index (Phi) is 4.51. The van der Waals surface area contributed by atoms with E-state index in [1.54, 1.807) is 6.07 Å². The summed E-state index contributed by atoms with van der Waals surface area (Å²) in [5, 5.41) is 0. The number of likely N-dealkylation sites (tertiary alicyclic amines) is 1. The molecule has 3 heteroatoms. The van der Waals surface area contributed by atoms with Gasteiger partial charge in [-0.25, -0.2) is 4.39 Å². The predicted molar refractivity (Wildman–Crippen MR) is 68.5 cm³/mol. The third-order valence-electron chi connectivity index (χ3n) is 3.59. The summed E-state index contributed by atoms with van der Waals surface area (Å²) in [5.74, 6) is 0.410. The van der Waals surface area contributed by atoms with Crippen LogP contribution in [0, 0.1) is 5.82 Å². The number of nitrogens with zero attached hydrogens (tertiary/aromatic N) is 1. The van der Waals surface area contributed by atoms with Crippen LogP contribution in [0.25, 0.3) is 0 Å². The molecule has 2 nitrogen and oxygen atoms in total. The van der Waals surface area contributed by atoms with Crippen LogP contribution < -0.4 is 5.73 Å². The van der Waals surface area contributed by atoms with Gasteiger partial charge in [0.05, 0.1) is 0 Å². The second-order valence-corrected chi connectivity index (χ2v) is 4.81. The highest BCUT2D eigenvalue weighted by Gasteiger charge is 2.20. The molecule has 1 saturated heterocycles. The van der Waals surface area contributed by atoms with Gasteiger partial charge in [-0.15, -0.1) is 0 Å². The van der Waals surface area contributed by atoms with Gasteiger partial charge in [0, 0.05) is 0 Å². The summed E-state index contributed by atoms with van der Waals surface area (Å²) >= 11 is 0. The first kappa shape index (κ1) is 12.5. The molecule has 1 fully saturated rings. The number of halogens is 1. The van der Waals surface area contributed by atoms with Gasteiger partial charge in [-0.05, 0) is 69.1 Å². The standard InChI is InChI=1S/C14H21FN2/c15-14-4-1-3-13(11-14)12-5-9-17(10-6-12)8-2-7-16/h1,3-4,11-12H,2,5-10,16H2. The zero-order valence-electron chi connectivity index (χ0n) is 10.2. The van der Waals surface area contributed by atoms with Crippen molar-refractivity contribution in [2.24, 2.45) is 5.73 Å². The number of hydrogen-bond acceptors (Lipinski definition) is 2. The van der Waals surface area contributed by atoms with Crippen molar-refractivity contribution in [3.63, 3.8) is 0 Å². The minimum absolute atomic E-state index is 0.118. The van der Waals surface area contributed by atoms with Crippen LogP contribution in [0.1, 0.15) is 30.7 Å². The molecular formula is C14H21FN2. The van der Waals surface area contributed by atoms with Gasteiger partial charge >= 0.3 is 0 Å². The van der Waals surface area contributed by atoms with Crippen LogP contribution in [0.3, 0.4) is 0 Å². The van der Waals surface area contributed by atoms with Crippen LogP contribution in [0.4, 0.5) is 4.39 Å².